The number of ketones is 1. The third-order valence-electron chi connectivity index (χ3n) is 10.7. The molecule has 1 aromatic carbocycles. The summed E-state index contributed by atoms with van der Waals surface area (Å²) < 4.78 is 0. The second-order valence-corrected chi connectivity index (χ2v) is 12.6. The van der Waals surface area contributed by atoms with Crippen LogP contribution in [0.2, 0.25) is 0 Å². The number of rotatable bonds is 6. The Balaban J connectivity index is 0.00000289. The number of nitrogens with zero attached hydrogens (tertiary/aromatic N) is 2. The molecule has 0 radical (unpaired) electrons. The molecule has 0 N–H and O–H groups in total. The fourth-order valence-corrected chi connectivity index (χ4v) is 9.16. The molecule has 0 heterocycles. The minimum Gasteiger partial charge on any atom is -0.376 e. The highest BCUT2D eigenvalue weighted by atomic mass is 16.1. The van der Waals surface area contributed by atoms with Gasteiger partial charge in [0.1, 0.15) is 0 Å². The van der Waals surface area contributed by atoms with Gasteiger partial charge in [-0.05, 0) is 104 Å². The van der Waals surface area contributed by atoms with Gasteiger partial charge in [0.15, 0.2) is 5.78 Å². The van der Waals surface area contributed by atoms with E-state index in [1.54, 1.807) is 4.90 Å². The summed E-state index contributed by atoms with van der Waals surface area (Å²) in [6.45, 7) is 5.07. The lowest BCUT2D eigenvalue weighted by atomic mass is 9.49. The number of hydrogen-bond donors (Lipinski definition) is 0. The summed E-state index contributed by atoms with van der Waals surface area (Å²) >= 11 is 0. The van der Waals surface area contributed by atoms with Gasteiger partial charge in [0, 0.05) is 21.4 Å². The molecule has 1 amide bonds. The molecule has 4 nitrogen and oxygen atoms in total. The Hall–Kier alpha value is -1.84. The first-order chi connectivity index (χ1) is 16.3. The van der Waals surface area contributed by atoms with E-state index in [0.717, 1.165) is 53.8 Å². The molecule has 4 fully saturated rings. The number of para-hydroxylation sites is 2. The van der Waals surface area contributed by atoms with Crippen LogP contribution in [0.3, 0.4) is 0 Å². The monoisotopic (exact) mass is 466 g/mol. The molecule has 8 atom stereocenters. The molecule has 0 aliphatic heterocycles. The first kappa shape index (κ1) is 23.9. The number of carbonyl (C=O) groups excluding carboxylic acids is 2. The number of carbonyl (C=O) groups is 2. The molecule has 4 heteroatoms. The summed E-state index contributed by atoms with van der Waals surface area (Å²) in [6.07, 6.45) is 12.7. The number of Topliss-reactive ketones (excluding diaryl/α,β-unsaturated/α-hetero) is 1. The van der Waals surface area contributed by atoms with Crippen LogP contribution in [-0.4, -0.2) is 32.8 Å². The van der Waals surface area contributed by atoms with Crippen LogP contribution in [0.15, 0.2) is 24.3 Å². The average molecular weight is 467 g/mol. The quantitative estimate of drug-likeness (QED) is 0.453. The standard InChI is InChI=1S/C30H44N2O2.H2/c1-20-9-11-22-21(17-20)10-12-24-23(22)15-16-30(2)25(24)13-14-26(30)29(34)18-32(19-33)28-8-6-5-7-27(28)31(3)4;/h5-8,19-26H,9-18H2,1-4H3;1H. The van der Waals surface area contributed by atoms with E-state index in [0.29, 0.717) is 5.92 Å². The third-order valence-corrected chi connectivity index (χ3v) is 10.7. The van der Waals surface area contributed by atoms with Crippen LogP contribution in [0.1, 0.15) is 73.1 Å². The van der Waals surface area contributed by atoms with Gasteiger partial charge in [-0.3, -0.25) is 9.59 Å². The minimum absolute atomic E-state index is 0. The van der Waals surface area contributed by atoms with Gasteiger partial charge in [-0.2, -0.15) is 0 Å². The van der Waals surface area contributed by atoms with E-state index in [9.17, 15) is 9.59 Å². The van der Waals surface area contributed by atoms with E-state index < -0.39 is 0 Å². The van der Waals surface area contributed by atoms with Gasteiger partial charge in [-0.15, -0.1) is 0 Å². The smallest absolute Gasteiger partial charge is 0.214 e. The number of anilines is 2. The first-order valence-corrected chi connectivity index (χ1v) is 13.8. The van der Waals surface area contributed by atoms with Crippen molar-refractivity contribution in [1.82, 2.24) is 0 Å². The SMILES string of the molecule is CC1CCC2C(CCC3C2CCC2(C)C(C(=O)CN(C=O)c4ccccc4N(C)C)CCC32)C1.[HH]. The molecule has 5 rings (SSSR count). The zero-order chi connectivity index (χ0) is 24.0. The van der Waals surface area contributed by atoms with Crippen molar-refractivity contribution in [2.24, 2.45) is 46.8 Å². The minimum atomic E-state index is 0. The topological polar surface area (TPSA) is 40.6 Å². The molecule has 34 heavy (non-hydrogen) atoms. The number of fused-ring (bicyclic) bond motifs is 5. The normalized spacial score (nSPS) is 38.9. The van der Waals surface area contributed by atoms with Gasteiger partial charge in [0.25, 0.3) is 0 Å². The lowest BCUT2D eigenvalue weighted by Gasteiger charge is -2.56. The van der Waals surface area contributed by atoms with E-state index in [2.05, 4.69) is 13.8 Å². The summed E-state index contributed by atoms with van der Waals surface area (Å²) in [4.78, 5) is 29.5. The highest BCUT2D eigenvalue weighted by Gasteiger charge is 2.58. The Morgan fingerprint density at radius 1 is 1.00 bits per heavy atom. The molecular formula is C30H46N2O2. The Morgan fingerprint density at radius 3 is 2.47 bits per heavy atom. The van der Waals surface area contributed by atoms with Crippen LogP contribution < -0.4 is 9.80 Å². The average Bonchev–Trinajstić information content (AvgIpc) is 3.19. The van der Waals surface area contributed by atoms with Gasteiger partial charge in [-0.25, -0.2) is 0 Å². The van der Waals surface area contributed by atoms with Crippen molar-refractivity contribution in [1.29, 1.82) is 0 Å². The molecule has 0 bridgehead atoms. The molecule has 0 saturated heterocycles. The Bertz CT molecular complexity index is 919. The third kappa shape index (κ3) is 3.99. The van der Waals surface area contributed by atoms with Crippen molar-refractivity contribution in [3.63, 3.8) is 0 Å². The Morgan fingerprint density at radius 2 is 1.74 bits per heavy atom. The predicted octanol–water partition coefficient (Wildman–Crippen LogP) is 6.44. The van der Waals surface area contributed by atoms with Gasteiger partial charge in [-0.1, -0.05) is 32.4 Å². The van der Waals surface area contributed by atoms with Crippen LogP contribution in [-0.2, 0) is 9.59 Å². The maximum atomic E-state index is 13.7. The maximum Gasteiger partial charge on any atom is 0.214 e. The zero-order valence-electron chi connectivity index (χ0n) is 21.7. The Kier molecular flexibility index (Phi) is 6.54. The van der Waals surface area contributed by atoms with Crippen molar-refractivity contribution in [3.8, 4) is 0 Å². The van der Waals surface area contributed by atoms with Gasteiger partial charge in [0.05, 0.1) is 17.9 Å². The summed E-state index contributed by atoms with van der Waals surface area (Å²) in [5, 5.41) is 0. The summed E-state index contributed by atoms with van der Waals surface area (Å²) in [5.41, 5.74) is 1.91. The molecular weight excluding hydrogens is 420 g/mol. The summed E-state index contributed by atoms with van der Waals surface area (Å²) in [5.74, 6) is 5.60. The van der Waals surface area contributed by atoms with Crippen LogP contribution in [0.5, 0.6) is 0 Å². The molecule has 188 valence electrons. The highest BCUT2D eigenvalue weighted by molar-refractivity contribution is 5.94. The molecule has 8 unspecified atom stereocenters. The number of benzene rings is 1. The zero-order valence-corrected chi connectivity index (χ0v) is 21.7. The van der Waals surface area contributed by atoms with Crippen LogP contribution >= 0.6 is 0 Å². The number of hydrogen-bond acceptors (Lipinski definition) is 3. The largest absolute Gasteiger partial charge is 0.376 e. The maximum absolute atomic E-state index is 13.7. The fraction of sp³-hybridized carbons (Fsp3) is 0.733. The molecule has 4 aliphatic rings. The second kappa shape index (κ2) is 9.32. The summed E-state index contributed by atoms with van der Waals surface area (Å²) in [6, 6.07) is 7.88. The first-order valence-electron chi connectivity index (χ1n) is 13.8. The Labute approximate surface area is 207 Å². The van der Waals surface area contributed by atoms with Gasteiger partial charge >= 0.3 is 0 Å². The van der Waals surface area contributed by atoms with E-state index in [1.165, 1.54) is 51.4 Å². The highest BCUT2D eigenvalue weighted by Crippen LogP contribution is 2.64. The lowest BCUT2D eigenvalue weighted by Crippen LogP contribution is -2.50. The van der Waals surface area contributed by atoms with Crippen LogP contribution in [0.25, 0.3) is 0 Å². The van der Waals surface area contributed by atoms with Crippen molar-refractivity contribution in [2.45, 2.75) is 71.6 Å². The van der Waals surface area contributed by atoms with E-state index in [1.807, 2.05) is 43.3 Å². The van der Waals surface area contributed by atoms with E-state index in [4.69, 9.17) is 0 Å². The fourth-order valence-electron chi connectivity index (χ4n) is 9.16. The summed E-state index contributed by atoms with van der Waals surface area (Å²) in [7, 11) is 3.96. The van der Waals surface area contributed by atoms with Gasteiger partial charge in [0.2, 0.25) is 6.41 Å². The van der Waals surface area contributed by atoms with E-state index >= 15 is 0 Å². The van der Waals surface area contributed by atoms with Gasteiger partial charge < -0.3 is 9.80 Å². The lowest BCUT2D eigenvalue weighted by molar-refractivity contribution is -0.129. The van der Waals surface area contributed by atoms with Crippen molar-refractivity contribution in [3.05, 3.63) is 24.3 Å². The van der Waals surface area contributed by atoms with Crippen LogP contribution in [0.4, 0.5) is 11.4 Å². The van der Waals surface area contributed by atoms with Crippen molar-refractivity contribution in [2.75, 3.05) is 30.4 Å². The van der Waals surface area contributed by atoms with Crippen molar-refractivity contribution >= 4 is 23.6 Å². The molecule has 4 saturated carbocycles. The number of amides is 1. The second-order valence-electron chi connectivity index (χ2n) is 12.6. The molecule has 0 spiro atoms. The van der Waals surface area contributed by atoms with Crippen LogP contribution in [0, 0.1) is 46.8 Å². The van der Waals surface area contributed by atoms with E-state index in [-0.39, 0.29) is 25.1 Å². The molecule has 1 aromatic rings. The molecule has 0 aromatic heterocycles. The van der Waals surface area contributed by atoms with Crippen molar-refractivity contribution < 1.29 is 11.0 Å². The predicted molar refractivity (Wildman–Crippen MR) is 141 cm³/mol. The molecule has 4 aliphatic carbocycles.